The maximum atomic E-state index is 11.1. The number of rotatable bonds is 6. The third-order valence-corrected chi connectivity index (χ3v) is 7.05. The van der Waals surface area contributed by atoms with E-state index in [-0.39, 0.29) is 34.5 Å². The van der Waals surface area contributed by atoms with Gasteiger partial charge in [0, 0.05) is 42.1 Å². The van der Waals surface area contributed by atoms with E-state index >= 15 is 0 Å². The average Bonchev–Trinajstić information content (AvgIpc) is 3.18. The summed E-state index contributed by atoms with van der Waals surface area (Å²) in [6.45, 7) is 2.24. The van der Waals surface area contributed by atoms with Crippen molar-refractivity contribution >= 4 is 0 Å². The molecule has 0 unspecified atom stereocenters. The van der Waals surface area contributed by atoms with Crippen LogP contribution in [0.1, 0.15) is 58.6 Å². The van der Waals surface area contributed by atoms with Gasteiger partial charge in [-0.15, -0.1) is 0 Å². The quantitative estimate of drug-likeness (QED) is 0.200. The normalized spacial score (nSPS) is 19.4. The first-order chi connectivity index (χ1) is 17.8. The van der Waals surface area contributed by atoms with Crippen LogP contribution in [0.3, 0.4) is 0 Å². The molecule has 190 valence electrons. The first kappa shape index (κ1) is 24.3. The second-order valence-electron chi connectivity index (χ2n) is 9.34. The minimum Gasteiger partial charge on any atom is -0.508 e. The summed E-state index contributed by atoms with van der Waals surface area (Å²) in [5, 5.41) is 62.2. The molecule has 0 spiro atoms. The molecule has 7 nitrogen and oxygen atoms in total. The predicted molar refractivity (Wildman–Crippen MR) is 137 cm³/mol. The second-order valence-corrected chi connectivity index (χ2v) is 9.34. The predicted octanol–water partition coefficient (Wildman–Crippen LogP) is 5.71. The van der Waals surface area contributed by atoms with Gasteiger partial charge in [-0.3, -0.25) is 0 Å². The van der Waals surface area contributed by atoms with E-state index in [9.17, 15) is 30.6 Å². The van der Waals surface area contributed by atoms with E-state index in [0.29, 0.717) is 23.3 Å². The topological polar surface area (TPSA) is 131 Å². The molecule has 4 atom stereocenters. The molecule has 6 N–H and O–H groups in total. The summed E-state index contributed by atoms with van der Waals surface area (Å²) in [6, 6.07) is 20.7. The molecule has 37 heavy (non-hydrogen) atoms. The van der Waals surface area contributed by atoms with Gasteiger partial charge in [0.2, 0.25) is 0 Å². The summed E-state index contributed by atoms with van der Waals surface area (Å²) < 4.78 is 6.29. The number of benzene rings is 4. The molecule has 1 aliphatic carbocycles. The van der Waals surface area contributed by atoms with Crippen LogP contribution in [0.15, 0.2) is 78.9 Å². The Morgan fingerprint density at radius 3 is 1.81 bits per heavy atom. The molecule has 0 fully saturated rings. The Morgan fingerprint density at radius 1 is 0.649 bits per heavy atom. The highest BCUT2D eigenvalue weighted by Crippen LogP contribution is 2.62. The Balaban J connectivity index is 1.81. The zero-order valence-electron chi connectivity index (χ0n) is 20.1. The van der Waals surface area contributed by atoms with Crippen molar-refractivity contribution in [3.63, 3.8) is 0 Å². The smallest absolute Gasteiger partial charge is 0.123 e. The van der Waals surface area contributed by atoms with Crippen LogP contribution >= 0.6 is 0 Å². The molecule has 0 saturated heterocycles. The highest BCUT2D eigenvalue weighted by atomic mass is 16.5. The fourth-order valence-corrected chi connectivity index (χ4v) is 5.71. The van der Waals surface area contributed by atoms with Crippen LogP contribution in [0.25, 0.3) is 0 Å². The lowest BCUT2D eigenvalue weighted by atomic mass is 9.74. The molecule has 1 aliphatic rings. The largest absolute Gasteiger partial charge is 0.508 e. The van der Waals surface area contributed by atoms with Crippen LogP contribution in [0.2, 0.25) is 0 Å². The molecule has 0 saturated carbocycles. The van der Waals surface area contributed by atoms with Crippen LogP contribution in [-0.4, -0.2) is 37.2 Å². The van der Waals surface area contributed by atoms with Crippen LogP contribution in [0.5, 0.6) is 34.5 Å². The van der Waals surface area contributed by atoms with Crippen molar-refractivity contribution in [1.29, 1.82) is 0 Å². The van der Waals surface area contributed by atoms with Gasteiger partial charge in [0.05, 0.1) is 6.10 Å². The molecule has 0 radical (unpaired) electrons. The van der Waals surface area contributed by atoms with Gasteiger partial charge in [0.25, 0.3) is 0 Å². The summed E-state index contributed by atoms with van der Waals surface area (Å²) in [6.07, 6.45) is -0.567. The van der Waals surface area contributed by atoms with Gasteiger partial charge in [-0.1, -0.05) is 24.3 Å². The summed E-state index contributed by atoms with van der Waals surface area (Å²) in [5.41, 5.74) is 3.43. The third-order valence-electron chi connectivity index (χ3n) is 7.05. The molecule has 4 aromatic carbocycles. The van der Waals surface area contributed by atoms with Gasteiger partial charge in [0.15, 0.2) is 0 Å². The van der Waals surface area contributed by atoms with Gasteiger partial charge in [0.1, 0.15) is 34.5 Å². The fraction of sp³-hybridized carbons (Fsp3) is 0.200. The fourth-order valence-electron chi connectivity index (χ4n) is 5.71. The van der Waals surface area contributed by atoms with E-state index < -0.39 is 23.9 Å². The maximum Gasteiger partial charge on any atom is 0.123 e. The Morgan fingerprint density at radius 2 is 1.22 bits per heavy atom. The molecule has 0 bridgehead atoms. The van der Waals surface area contributed by atoms with E-state index in [1.807, 2.05) is 6.92 Å². The van der Waals surface area contributed by atoms with Gasteiger partial charge in [-0.25, -0.2) is 0 Å². The van der Waals surface area contributed by atoms with Crippen LogP contribution in [-0.2, 0) is 4.74 Å². The van der Waals surface area contributed by atoms with Crippen molar-refractivity contribution in [2.45, 2.75) is 30.8 Å². The SMILES string of the molecule is CCO[C@H](c1ccc(O)cc1)[C@H]1c2cc(O)cc(O)c2[C@@H](c2ccc(O)cc2)[C@@H]1c1cc(O)cc(O)c1. The monoisotopic (exact) mass is 500 g/mol. The van der Waals surface area contributed by atoms with E-state index in [2.05, 4.69) is 0 Å². The van der Waals surface area contributed by atoms with Crippen LogP contribution in [0.4, 0.5) is 0 Å². The number of hydrogen-bond donors (Lipinski definition) is 6. The molecule has 4 aromatic rings. The number of fused-ring (bicyclic) bond motifs is 1. The van der Waals surface area contributed by atoms with E-state index in [0.717, 1.165) is 11.1 Å². The molecular weight excluding hydrogens is 472 g/mol. The highest BCUT2D eigenvalue weighted by molar-refractivity contribution is 5.61. The van der Waals surface area contributed by atoms with Gasteiger partial charge in [-0.2, -0.15) is 0 Å². The number of phenols is 6. The molecule has 0 heterocycles. The highest BCUT2D eigenvalue weighted by Gasteiger charge is 2.48. The van der Waals surface area contributed by atoms with E-state index in [4.69, 9.17) is 4.74 Å². The van der Waals surface area contributed by atoms with Gasteiger partial charge >= 0.3 is 0 Å². The molecular formula is C30H28O7. The lowest BCUT2D eigenvalue weighted by Gasteiger charge is -2.33. The van der Waals surface area contributed by atoms with Crippen LogP contribution < -0.4 is 0 Å². The molecule has 7 heteroatoms. The Hall–Kier alpha value is -4.36. The molecule has 0 amide bonds. The standard InChI is InChI=1S/C30H28O7/c1-2-37-30(17-5-9-20(32)10-6-17)29-24-14-23(35)15-25(36)28(24)26(16-3-7-19(31)8-4-16)27(29)18-11-21(33)13-22(34)12-18/h3-15,26-27,29-36H,2H2,1H3/t26-,27-,29-,30+/m0/s1. The summed E-state index contributed by atoms with van der Waals surface area (Å²) in [4.78, 5) is 0. The van der Waals surface area contributed by atoms with Crippen LogP contribution in [0, 0.1) is 0 Å². The Labute approximate surface area is 214 Å². The number of hydrogen-bond acceptors (Lipinski definition) is 7. The Kier molecular flexibility index (Phi) is 6.31. The lowest BCUT2D eigenvalue weighted by molar-refractivity contribution is 0.0362. The minimum absolute atomic E-state index is 0.0918. The molecule has 5 rings (SSSR count). The number of phenolic OH excluding ortho intramolecular Hbond substituents is 6. The van der Waals surface area contributed by atoms with Crippen molar-refractivity contribution in [3.8, 4) is 34.5 Å². The third kappa shape index (κ3) is 4.49. The van der Waals surface area contributed by atoms with Crippen molar-refractivity contribution in [2.75, 3.05) is 6.61 Å². The van der Waals surface area contributed by atoms with Gasteiger partial charge in [-0.05, 0) is 71.6 Å². The molecule has 0 aliphatic heterocycles. The van der Waals surface area contributed by atoms with Crippen molar-refractivity contribution in [2.24, 2.45) is 0 Å². The van der Waals surface area contributed by atoms with E-state index in [1.54, 1.807) is 66.7 Å². The summed E-state index contributed by atoms with van der Waals surface area (Å²) in [7, 11) is 0. The minimum atomic E-state index is -0.567. The summed E-state index contributed by atoms with van der Waals surface area (Å²) >= 11 is 0. The Bertz CT molecular complexity index is 1390. The maximum absolute atomic E-state index is 11.1. The zero-order chi connectivity index (χ0) is 26.3. The summed E-state index contributed by atoms with van der Waals surface area (Å²) in [5.74, 6) is -1.63. The lowest BCUT2D eigenvalue weighted by Crippen LogP contribution is -2.20. The number of aromatic hydroxyl groups is 6. The van der Waals surface area contributed by atoms with Crippen molar-refractivity contribution < 1.29 is 35.4 Å². The van der Waals surface area contributed by atoms with Gasteiger partial charge < -0.3 is 35.4 Å². The average molecular weight is 501 g/mol. The zero-order valence-corrected chi connectivity index (χ0v) is 20.1. The first-order valence-electron chi connectivity index (χ1n) is 12.0. The second kappa shape index (κ2) is 9.59. The van der Waals surface area contributed by atoms with Crippen molar-refractivity contribution in [3.05, 3.63) is 107 Å². The van der Waals surface area contributed by atoms with Crippen molar-refractivity contribution in [1.82, 2.24) is 0 Å². The number of ether oxygens (including phenoxy) is 1. The van der Waals surface area contributed by atoms with E-state index in [1.165, 1.54) is 12.1 Å². The first-order valence-corrected chi connectivity index (χ1v) is 12.0. The molecule has 0 aromatic heterocycles.